The van der Waals surface area contributed by atoms with Crippen LogP contribution in [0.4, 0.5) is 0 Å². The maximum atomic E-state index is 12.0. The summed E-state index contributed by atoms with van der Waals surface area (Å²) in [6, 6.07) is 5.72. The molecule has 1 amide bonds. The Morgan fingerprint density at radius 3 is 2.32 bits per heavy atom. The monoisotopic (exact) mass is 326 g/mol. The standard InChI is InChI=1S/C15H22N2O4S/c1-11(2)17-22(20,21)14-7-4-13(5-8-14)6-9-15(19)16-12(3)10-18/h4-9,11-12,17-18H,10H2,1-3H3,(H,16,19)/b9-6+. The molecule has 1 atom stereocenters. The maximum Gasteiger partial charge on any atom is 0.244 e. The van der Waals surface area contributed by atoms with Gasteiger partial charge < -0.3 is 10.4 Å². The van der Waals surface area contributed by atoms with Crippen LogP contribution in [0.5, 0.6) is 0 Å². The molecular weight excluding hydrogens is 304 g/mol. The largest absolute Gasteiger partial charge is 0.394 e. The summed E-state index contributed by atoms with van der Waals surface area (Å²) in [4.78, 5) is 11.7. The molecule has 0 aliphatic heterocycles. The molecule has 1 rings (SSSR count). The van der Waals surface area contributed by atoms with Crippen molar-refractivity contribution in [2.75, 3.05) is 6.61 Å². The number of carbonyl (C=O) groups excluding carboxylic acids is 1. The number of hydrogen-bond donors (Lipinski definition) is 3. The van der Waals surface area contributed by atoms with Crippen molar-refractivity contribution in [3.8, 4) is 0 Å². The van der Waals surface area contributed by atoms with Crippen molar-refractivity contribution < 1.29 is 18.3 Å². The Morgan fingerprint density at radius 1 is 1.23 bits per heavy atom. The fourth-order valence-electron chi connectivity index (χ4n) is 1.64. The smallest absolute Gasteiger partial charge is 0.244 e. The molecule has 122 valence electrons. The molecule has 0 saturated carbocycles. The number of amides is 1. The summed E-state index contributed by atoms with van der Waals surface area (Å²) in [6.45, 7) is 5.06. The fourth-order valence-corrected chi connectivity index (χ4v) is 2.90. The summed E-state index contributed by atoms with van der Waals surface area (Å²) >= 11 is 0. The van der Waals surface area contributed by atoms with Gasteiger partial charge in [0.15, 0.2) is 0 Å². The highest BCUT2D eigenvalue weighted by Crippen LogP contribution is 2.12. The zero-order valence-electron chi connectivity index (χ0n) is 12.9. The van der Waals surface area contributed by atoms with Gasteiger partial charge in [0.2, 0.25) is 15.9 Å². The second-order valence-electron chi connectivity index (χ2n) is 5.27. The SMILES string of the molecule is CC(C)NS(=O)(=O)c1ccc(/C=C/C(=O)NC(C)CO)cc1. The van der Waals surface area contributed by atoms with Crippen LogP contribution >= 0.6 is 0 Å². The van der Waals surface area contributed by atoms with Crippen LogP contribution in [0.25, 0.3) is 6.08 Å². The van der Waals surface area contributed by atoms with E-state index < -0.39 is 10.0 Å². The van der Waals surface area contributed by atoms with E-state index in [9.17, 15) is 13.2 Å². The lowest BCUT2D eigenvalue weighted by Crippen LogP contribution is -2.33. The van der Waals surface area contributed by atoms with Crippen LogP contribution in [0.1, 0.15) is 26.3 Å². The van der Waals surface area contributed by atoms with Crippen LogP contribution in [0.15, 0.2) is 35.2 Å². The maximum absolute atomic E-state index is 12.0. The van der Waals surface area contributed by atoms with Gasteiger partial charge in [0.1, 0.15) is 0 Å². The molecule has 0 spiro atoms. The third-order valence-corrected chi connectivity index (χ3v) is 4.35. The highest BCUT2D eigenvalue weighted by Gasteiger charge is 2.14. The molecule has 0 aliphatic rings. The van der Waals surface area contributed by atoms with Gasteiger partial charge in [-0.15, -0.1) is 0 Å². The second kappa shape index (κ2) is 8.07. The van der Waals surface area contributed by atoms with Crippen molar-refractivity contribution in [3.05, 3.63) is 35.9 Å². The van der Waals surface area contributed by atoms with Crippen LogP contribution in [-0.4, -0.2) is 38.1 Å². The van der Waals surface area contributed by atoms with Crippen LogP contribution in [0, 0.1) is 0 Å². The van der Waals surface area contributed by atoms with Gasteiger partial charge >= 0.3 is 0 Å². The first kappa shape index (κ1) is 18.3. The minimum Gasteiger partial charge on any atom is -0.394 e. The van der Waals surface area contributed by atoms with Crippen LogP contribution in [0.3, 0.4) is 0 Å². The van der Waals surface area contributed by atoms with E-state index in [-0.39, 0.29) is 29.5 Å². The molecule has 1 aromatic carbocycles. The second-order valence-corrected chi connectivity index (χ2v) is 6.98. The lowest BCUT2D eigenvalue weighted by Gasteiger charge is -2.09. The summed E-state index contributed by atoms with van der Waals surface area (Å²) in [5.41, 5.74) is 0.704. The molecule has 7 heteroatoms. The van der Waals surface area contributed by atoms with Crippen molar-refractivity contribution >= 4 is 22.0 Å². The summed E-state index contributed by atoms with van der Waals surface area (Å²) in [5.74, 6) is -0.320. The first-order valence-electron chi connectivity index (χ1n) is 6.96. The molecule has 0 aliphatic carbocycles. The van der Waals surface area contributed by atoms with E-state index in [1.54, 1.807) is 39.0 Å². The number of aliphatic hydroxyl groups is 1. The third kappa shape index (κ3) is 5.97. The molecule has 22 heavy (non-hydrogen) atoms. The highest BCUT2D eigenvalue weighted by atomic mass is 32.2. The molecule has 0 heterocycles. The molecule has 3 N–H and O–H groups in total. The zero-order valence-corrected chi connectivity index (χ0v) is 13.7. The van der Waals surface area contributed by atoms with Gasteiger partial charge in [-0.2, -0.15) is 0 Å². The van der Waals surface area contributed by atoms with Crippen LogP contribution in [-0.2, 0) is 14.8 Å². The van der Waals surface area contributed by atoms with Crippen molar-refractivity contribution in [3.63, 3.8) is 0 Å². The number of rotatable bonds is 7. The van der Waals surface area contributed by atoms with E-state index in [2.05, 4.69) is 10.0 Å². The van der Waals surface area contributed by atoms with Gasteiger partial charge in [0.05, 0.1) is 11.5 Å². The fraction of sp³-hybridized carbons (Fsp3) is 0.400. The van der Waals surface area contributed by atoms with Gasteiger partial charge in [-0.3, -0.25) is 4.79 Å². The van der Waals surface area contributed by atoms with Crippen LogP contribution < -0.4 is 10.0 Å². The van der Waals surface area contributed by atoms with Crippen molar-refractivity contribution in [1.29, 1.82) is 0 Å². The molecule has 0 radical (unpaired) electrons. The van der Waals surface area contributed by atoms with Gasteiger partial charge in [-0.25, -0.2) is 13.1 Å². The quantitative estimate of drug-likeness (QED) is 0.648. The number of carbonyl (C=O) groups is 1. The minimum atomic E-state index is -3.51. The summed E-state index contributed by atoms with van der Waals surface area (Å²) in [6.07, 6.45) is 2.91. The Bertz CT molecular complexity index is 621. The van der Waals surface area contributed by atoms with Gasteiger partial charge in [-0.05, 0) is 44.5 Å². The number of benzene rings is 1. The number of aliphatic hydroxyl groups excluding tert-OH is 1. The topological polar surface area (TPSA) is 95.5 Å². The van der Waals surface area contributed by atoms with E-state index in [1.807, 2.05) is 0 Å². The Balaban J connectivity index is 2.75. The van der Waals surface area contributed by atoms with Gasteiger partial charge in [0.25, 0.3) is 0 Å². The van der Waals surface area contributed by atoms with Gasteiger partial charge in [0, 0.05) is 18.2 Å². The molecule has 0 saturated heterocycles. The first-order valence-corrected chi connectivity index (χ1v) is 8.44. The van der Waals surface area contributed by atoms with Crippen LogP contribution in [0.2, 0.25) is 0 Å². The highest BCUT2D eigenvalue weighted by molar-refractivity contribution is 7.89. The predicted octanol–water partition coefficient (Wildman–Crippen LogP) is 0.883. The minimum absolute atomic E-state index is 0.130. The van der Waals surface area contributed by atoms with Gasteiger partial charge in [-0.1, -0.05) is 12.1 Å². The third-order valence-electron chi connectivity index (χ3n) is 2.67. The lowest BCUT2D eigenvalue weighted by atomic mass is 10.2. The Labute approximate surface area is 131 Å². The first-order chi connectivity index (χ1) is 10.2. The van der Waals surface area contributed by atoms with E-state index >= 15 is 0 Å². The molecule has 0 bridgehead atoms. The normalized spacial score (nSPS) is 13.5. The predicted molar refractivity (Wildman–Crippen MR) is 85.6 cm³/mol. The molecule has 0 fully saturated rings. The van der Waals surface area contributed by atoms with E-state index in [1.165, 1.54) is 18.2 Å². The summed E-state index contributed by atoms with van der Waals surface area (Å²) < 4.78 is 26.4. The molecular formula is C15H22N2O4S. The van der Waals surface area contributed by atoms with E-state index in [0.717, 1.165) is 0 Å². The Kier molecular flexibility index (Phi) is 6.73. The van der Waals surface area contributed by atoms with E-state index in [4.69, 9.17) is 5.11 Å². The Morgan fingerprint density at radius 2 is 1.82 bits per heavy atom. The lowest BCUT2D eigenvalue weighted by molar-refractivity contribution is -0.117. The Hall–Kier alpha value is -1.70. The number of sulfonamides is 1. The summed E-state index contributed by atoms with van der Waals surface area (Å²) in [5, 5.41) is 11.4. The van der Waals surface area contributed by atoms with E-state index in [0.29, 0.717) is 5.56 Å². The molecule has 6 nitrogen and oxygen atoms in total. The average Bonchev–Trinajstić information content (AvgIpc) is 2.44. The van der Waals surface area contributed by atoms with Crippen molar-refractivity contribution in [2.45, 2.75) is 37.8 Å². The van der Waals surface area contributed by atoms with Crippen molar-refractivity contribution in [1.82, 2.24) is 10.0 Å². The average molecular weight is 326 g/mol. The number of hydrogen-bond acceptors (Lipinski definition) is 4. The molecule has 1 unspecified atom stereocenters. The molecule has 1 aromatic rings. The molecule has 0 aromatic heterocycles. The number of nitrogens with one attached hydrogen (secondary N) is 2. The zero-order chi connectivity index (χ0) is 16.8. The van der Waals surface area contributed by atoms with Crippen molar-refractivity contribution in [2.24, 2.45) is 0 Å². The summed E-state index contributed by atoms with van der Waals surface area (Å²) in [7, 11) is -3.51.